The Labute approximate surface area is 156 Å². The number of aliphatic hydroxyl groups excluding tert-OH is 1. The molecule has 3 rings (SSSR count). The van der Waals surface area contributed by atoms with Crippen LogP contribution in [-0.4, -0.2) is 46.7 Å². The van der Waals surface area contributed by atoms with Crippen LogP contribution in [0.1, 0.15) is 0 Å². The molecule has 0 aliphatic heterocycles. The summed E-state index contributed by atoms with van der Waals surface area (Å²) in [6.45, 7) is 0. The van der Waals surface area contributed by atoms with E-state index in [1.807, 2.05) is 19.0 Å². The molecule has 25 heavy (non-hydrogen) atoms. The van der Waals surface area contributed by atoms with Gasteiger partial charge in [-0.1, -0.05) is 0 Å². The fourth-order valence-corrected chi connectivity index (χ4v) is 23.2. The van der Waals surface area contributed by atoms with E-state index in [4.69, 9.17) is 0 Å². The zero-order valence-corrected chi connectivity index (χ0v) is 18.2. The zero-order valence-electron chi connectivity index (χ0n) is 14.5. The number of nitrogens with zero attached hydrogens (tertiary/aromatic N) is 1. The normalized spacial score (nSPS) is 13.0. The fraction of sp³-hybridized carbons (Fsp3) is 0.143. The monoisotopic (exact) mass is 457 g/mol. The third kappa shape index (κ3) is 3.95. The van der Waals surface area contributed by atoms with Crippen molar-refractivity contribution in [1.29, 1.82) is 0 Å². The fourth-order valence-electron chi connectivity index (χ4n) is 2.99. The van der Waals surface area contributed by atoms with E-state index in [2.05, 4.69) is 91.0 Å². The van der Waals surface area contributed by atoms with Gasteiger partial charge in [0.2, 0.25) is 0 Å². The van der Waals surface area contributed by atoms with Gasteiger partial charge >= 0.3 is 157 Å². The van der Waals surface area contributed by atoms with Crippen molar-refractivity contribution in [2.45, 2.75) is 5.56 Å². The van der Waals surface area contributed by atoms with Gasteiger partial charge < -0.3 is 0 Å². The molecule has 0 spiro atoms. The van der Waals surface area contributed by atoms with Crippen LogP contribution in [-0.2, 0) is 0 Å². The van der Waals surface area contributed by atoms with Crippen LogP contribution in [0.5, 0.6) is 0 Å². The molecule has 0 aliphatic carbocycles. The molecule has 0 bridgehead atoms. The van der Waals surface area contributed by atoms with E-state index in [0.717, 1.165) is 0 Å². The number of rotatable bonds is 6. The summed E-state index contributed by atoms with van der Waals surface area (Å²) < 4.78 is 4.08. The summed E-state index contributed by atoms with van der Waals surface area (Å²) in [5.41, 5.74) is -0.545. The Hall–Kier alpha value is -1.27. The van der Waals surface area contributed by atoms with Gasteiger partial charge in [0.1, 0.15) is 0 Å². The molecule has 1 atom stereocenters. The van der Waals surface area contributed by atoms with Crippen molar-refractivity contribution >= 4 is 36.7 Å². The third-order valence-electron chi connectivity index (χ3n) is 4.26. The summed E-state index contributed by atoms with van der Waals surface area (Å²) in [6.07, 6.45) is 0. The Morgan fingerprint density at radius 1 is 0.680 bits per heavy atom. The third-order valence-corrected chi connectivity index (χ3v) is 24.6. The summed E-state index contributed by atoms with van der Waals surface area (Å²) in [5.74, 6) is 0. The van der Waals surface area contributed by atoms with Crippen LogP contribution in [0.3, 0.4) is 0 Å². The SMILES string of the molecule is CN(C)[C@H](O)[S][Sn]([c]1ccccc1)([c]1ccccc1)[c]1ccccc1. The van der Waals surface area contributed by atoms with Crippen molar-refractivity contribution in [3.63, 3.8) is 0 Å². The Kier molecular flexibility index (Phi) is 6.23. The summed E-state index contributed by atoms with van der Waals surface area (Å²) >= 11 is -3.41. The van der Waals surface area contributed by atoms with Crippen LogP contribution >= 0.6 is 8.95 Å². The van der Waals surface area contributed by atoms with Gasteiger partial charge in [0.25, 0.3) is 0 Å². The molecule has 3 aromatic rings. The van der Waals surface area contributed by atoms with E-state index in [0.29, 0.717) is 0 Å². The molecule has 4 heteroatoms. The van der Waals surface area contributed by atoms with E-state index in [9.17, 15) is 5.11 Å². The Morgan fingerprint density at radius 3 is 1.28 bits per heavy atom. The predicted molar refractivity (Wildman–Crippen MR) is 111 cm³/mol. The Morgan fingerprint density at radius 2 is 1.00 bits per heavy atom. The van der Waals surface area contributed by atoms with Gasteiger partial charge in [0.05, 0.1) is 0 Å². The molecule has 0 aromatic heterocycles. The van der Waals surface area contributed by atoms with Crippen LogP contribution < -0.4 is 10.7 Å². The van der Waals surface area contributed by atoms with Crippen molar-refractivity contribution in [3.8, 4) is 0 Å². The van der Waals surface area contributed by atoms with Crippen LogP contribution in [0.4, 0.5) is 0 Å². The van der Waals surface area contributed by atoms with E-state index >= 15 is 0 Å². The minimum atomic E-state index is -3.41. The first kappa shape index (κ1) is 18.5. The zero-order chi connectivity index (χ0) is 17.7. The van der Waals surface area contributed by atoms with Gasteiger partial charge in [0, 0.05) is 0 Å². The Bertz CT molecular complexity index is 684. The van der Waals surface area contributed by atoms with Crippen molar-refractivity contribution in [1.82, 2.24) is 4.90 Å². The van der Waals surface area contributed by atoms with E-state index in [1.165, 1.54) is 10.7 Å². The van der Waals surface area contributed by atoms with Crippen molar-refractivity contribution < 1.29 is 5.11 Å². The predicted octanol–water partition coefficient (Wildman–Crippen LogP) is 2.22. The Balaban J connectivity index is 2.27. The first-order valence-electron chi connectivity index (χ1n) is 8.33. The summed E-state index contributed by atoms with van der Waals surface area (Å²) in [6, 6.07) is 32.2. The molecule has 128 valence electrons. The van der Waals surface area contributed by atoms with Gasteiger partial charge in [-0.3, -0.25) is 0 Å². The van der Waals surface area contributed by atoms with Crippen molar-refractivity contribution in [2.24, 2.45) is 0 Å². The molecular formula is C21H23NOSSn. The molecule has 0 aliphatic rings. The summed E-state index contributed by atoms with van der Waals surface area (Å²) in [4.78, 5) is 1.88. The van der Waals surface area contributed by atoms with Crippen LogP contribution in [0.2, 0.25) is 0 Å². The maximum atomic E-state index is 10.8. The summed E-state index contributed by atoms with van der Waals surface area (Å²) in [7, 11) is 5.60. The molecule has 0 radical (unpaired) electrons. The minimum absolute atomic E-state index is 0.545. The van der Waals surface area contributed by atoms with E-state index in [1.54, 1.807) is 8.95 Å². The van der Waals surface area contributed by atoms with Crippen LogP contribution in [0, 0.1) is 0 Å². The van der Waals surface area contributed by atoms with E-state index < -0.39 is 22.6 Å². The van der Waals surface area contributed by atoms with Crippen LogP contribution in [0.15, 0.2) is 91.0 Å². The molecule has 0 unspecified atom stereocenters. The topological polar surface area (TPSA) is 23.5 Å². The number of benzene rings is 3. The molecule has 2 nitrogen and oxygen atoms in total. The van der Waals surface area contributed by atoms with Crippen molar-refractivity contribution in [2.75, 3.05) is 14.1 Å². The summed E-state index contributed by atoms with van der Waals surface area (Å²) in [5, 5.41) is 10.8. The number of aliphatic hydroxyl groups is 1. The second-order valence-electron chi connectivity index (χ2n) is 6.19. The van der Waals surface area contributed by atoms with Crippen LogP contribution in [0.25, 0.3) is 0 Å². The molecule has 0 saturated heterocycles. The average molecular weight is 456 g/mol. The number of hydrogen-bond acceptors (Lipinski definition) is 3. The van der Waals surface area contributed by atoms with Gasteiger partial charge in [-0.25, -0.2) is 0 Å². The molecule has 0 amide bonds. The maximum absolute atomic E-state index is 10.8. The second kappa shape index (κ2) is 8.41. The number of hydrogen-bond donors (Lipinski definition) is 1. The van der Waals surface area contributed by atoms with Crippen molar-refractivity contribution in [3.05, 3.63) is 91.0 Å². The second-order valence-corrected chi connectivity index (χ2v) is 21.8. The molecule has 1 N–H and O–H groups in total. The average Bonchev–Trinajstić information content (AvgIpc) is 2.68. The van der Waals surface area contributed by atoms with E-state index in [-0.39, 0.29) is 0 Å². The first-order valence-corrected chi connectivity index (χ1v) is 17.0. The standard InChI is InChI=1S/3C6H5.C3H9NOS.Sn/c3*1-2-4-6-5-3-1;1-4(2)3(5)6;/h3*1-5H;3,5-6H,1-2H3;/q;;;;+1/p-1/t;;;3-;/m...1./s1. The molecule has 3 aromatic carbocycles. The molecular weight excluding hydrogens is 433 g/mol. The molecule has 0 heterocycles. The molecule has 0 fully saturated rings. The van der Waals surface area contributed by atoms with Gasteiger partial charge in [0.15, 0.2) is 0 Å². The quantitative estimate of drug-likeness (QED) is 0.455. The first-order chi connectivity index (χ1) is 12.1. The van der Waals surface area contributed by atoms with Gasteiger partial charge in [-0.2, -0.15) is 0 Å². The van der Waals surface area contributed by atoms with Gasteiger partial charge in [-0.15, -0.1) is 0 Å². The van der Waals surface area contributed by atoms with Gasteiger partial charge in [-0.05, 0) is 0 Å². The molecule has 0 saturated carbocycles.